The molecule has 0 bridgehead atoms. The molecule has 14 heavy (non-hydrogen) atoms. The van der Waals surface area contributed by atoms with Crippen LogP contribution in [0.4, 0.5) is 0 Å². The summed E-state index contributed by atoms with van der Waals surface area (Å²) in [5.41, 5.74) is 2.14. The lowest BCUT2D eigenvalue weighted by Gasteiger charge is -2.07. The Morgan fingerprint density at radius 1 is 1.57 bits per heavy atom. The number of nitriles is 1. The number of rotatable bonds is 2. The molecule has 0 heterocycles. The smallest absolute Gasteiger partial charge is 0.310 e. The van der Waals surface area contributed by atoms with Gasteiger partial charge in [-0.05, 0) is 31.0 Å². The highest BCUT2D eigenvalue weighted by molar-refractivity contribution is 5.75. The van der Waals surface area contributed by atoms with Gasteiger partial charge in [0, 0.05) is 0 Å². The van der Waals surface area contributed by atoms with Gasteiger partial charge in [-0.25, -0.2) is 0 Å². The second-order valence-corrected chi connectivity index (χ2v) is 3.25. The monoisotopic (exact) mass is 189 g/mol. The second kappa shape index (κ2) is 3.93. The average molecular weight is 189 g/mol. The van der Waals surface area contributed by atoms with Crippen LogP contribution < -0.4 is 0 Å². The van der Waals surface area contributed by atoms with E-state index in [4.69, 9.17) is 10.4 Å². The zero-order chi connectivity index (χ0) is 10.7. The molecule has 0 fully saturated rings. The molecule has 0 saturated heterocycles. The van der Waals surface area contributed by atoms with Crippen LogP contribution in [-0.2, 0) is 4.79 Å². The van der Waals surface area contributed by atoms with Crippen molar-refractivity contribution < 1.29 is 9.90 Å². The summed E-state index contributed by atoms with van der Waals surface area (Å²) in [5, 5.41) is 17.5. The van der Waals surface area contributed by atoms with Crippen LogP contribution in [0.25, 0.3) is 0 Å². The number of carbonyl (C=O) groups is 1. The topological polar surface area (TPSA) is 61.1 Å². The Bertz CT molecular complexity index is 404. The Morgan fingerprint density at radius 2 is 2.21 bits per heavy atom. The average Bonchev–Trinajstić information content (AvgIpc) is 2.16. The van der Waals surface area contributed by atoms with E-state index in [9.17, 15) is 4.79 Å². The summed E-state index contributed by atoms with van der Waals surface area (Å²) in [5.74, 6) is -1.38. The Hall–Kier alpha value is -1.82. The maximum atomic E-state index is 10.7. The highest BCUT2D eigenvalue weighted by Crippen LogP contribution is 2.18. The minimum Gasteiger partial charge on any atom is -0.481 e. The molecular weight excluding hydrogens is 178 g/mol. The SMILES string of the molecule is Cc1cc([C@@H](C)C(=O)O)ccc1C#N. The Kier molecular flexibility index (Phi) is 2.88. The maximum absolute atomic E-state index is 10.7. The minimum atomic E-state index is -0.853. The molecule has 0 aliphatic heterocycles. The van der Waals surface area contributed by atoms with Gasteiger partial charge in [-0.15, -0.1) is 0 Å². The van der Waals surface area contributed by atoms with Crippen LogP contribution in [0.5, 0.6) is 0 Å². The van der Waals surface area contributed by atoms with Crippen LogP contribution in [0.3, 0.4) is 0 Å². The van der Waals surface area contributed by atoms with Crippen LogP contribution in [0, 0.1) is 18.3 Å². The molecule has 1 atom stereocenters. The van der Waals surface area contributed by atoms with Gasteiger partial charge in [0.15, 0.2) is 0 Å². The van der Waals surface area contributed by atoms with Gasteiger partial charge in [-0.2, -0.15) is 5.26 Å². The van der Waals surface area contributed by atoms with Gasteiger partial charge in [-0.1, -0.05) is 12.1 Å². The Morgan fingerprint density at radius 3 is 2.64 bits per heavy atom. The van der Waals surface area contributed by atoms with E-state index in [0.717, 1.165) is 11.1 Å². The molecule has 1 aromatic carbocycles. The van der Waals surface area contributed by atoms with Gasteiger partial charge in [0.1, 0.15) is 0 Å². The number of aliphatic carboxylic acids is 1. The van der Waals surface area contributed by atoms with E-state index >= 15 is 0 Å². The van der Waals surface area contributed by atoms with Crippen molar-refractivity contribution in [2.24, 2.45) is 0 Å². The summed E-state index contributed by atoms with van der Waals surface area (Å²) < 4.78 is 0. The normalized spacial score (nSPS) is 11.8. The van der Waals surface area contributed by atoms with E-state index in [1.165, 1.54) is 0 Å². The minimum absolute atomic E-state index is 0.526. The van der Waals surface area contributed by atoms with Crippen LogP contribution in [0.2, 0.25) is 0 Å². The third kappa shape index (κ3) is 1.91. The van der Waals surface area contributed by atoms with Crippen molar-refractivity contribution in [3.05, 3.63) is 34.9 Å². The first-order chi connectivity index (χ1) is 6.56. The molecule has 0 aliphatic rings. The highest BCUT2D eigenvalue weighted by atomic mass is 16.4. The molecule has 1 rings (SSSR count). The number of hydrogen-bond donors (Lipinski definition) is 1. The number of hydrogen-bond acceptors (Lipinski definition) is 2. The lowest BCUT2D eigenvalue weighted by molar-refractivity contribution is -0.138. The summed E-state index contributed by atoms with van der Waals surface area (Å²) in [4.78, 5) is 10.7. The summed E-state index contributed by atoms with van der Waals surface area (Å²) in [6, 6.07) is 7.13. The largest absolute Gasteiger partial charge is 0.481 e. The van der Waals surface area contributed by atoms with Gasteiger partial charge in [0.2, 0.25) is 0 Å². The fraction of sp³-hybridized carbons (Fsp3) is 0.273. The molecule has 3 nitrogen and oxygen atoms in total. The summed E-state index contributed by atoms with van der Waals surface area (Å²) in [6.45, 7) is 3.43. The van der Waals surface area contributed by atoms with Crippen molar-refractivity contribution in [3.63, 3.8) is 0 Å². The zero-order valence-corrected chi connectivity index (χ0v) is 8.11. The second-order valence-electron chi connectivity index (χ2n) is 3.25. The number of benzene rings is 1. The fourth-order valence-electron chi connectivity index (χ4n) is 1.22. The van der Waals surface area contributed by atoms with Gasteiger partial charge < -0.3 is 5.11 Å². The van der Waals surface area contributed by atoms with E-state index in [0.29, 0.717) is 5.56 Å². The standard InChI is InChI=1S/C11H11NO2/c1-7-5-9(8(2)11(13)14)3-4-10(7)6-12/h3-5,8H,1-2H3,(H,13,14)/t8-/m1/s1. The molecule has 0 aliphatic carbocycles. The third-order valence-electron chi connectivity index (χ3n) is 2.24. The van der Waals surface area contributed by atoms with Crippen molar-refractivity contribution in [1.29, 1.82) is 5.26 Å². The fourth-order valence-corrected chi connectivity index (χ4v) is 1.22. The van der Waals surface area contributed by atoms with Gasteiger partial charge >= 0.3 is 5.97 Å². The molecule has 0 unspecified atom stereocenters. The molecule has 1 aromatic rings. The molecule has 1 N–H and O–H groups in total. The van der Waals surface area contributed by atoms with Gasteiger partial charge in [-0.3, -0.25) is 4.79 Å². The lowest BCUT2D eigenvalue weighted by atomic mass is 9.97. The Labute approximate surface area is 82.6 Å². The number of nitrogens with zero attached hydrogens (tertiary/aromatic N) is 1. The van der Waals surface area contributed by atoms with Crippen LogP contribution in [0.15, 0.2) is 18.2 Å². The van der Waals surface area contributed by atoms with E-state index < -0.39 is 11.9 Å². The van der Waals surface area contributed by atoms with Crippen LogP contribution >= 0.6 is 0 Å². The van der Waals surface area contributed by atoms with Crippen molar-refractivity contribution >= 4 is 5.97 Å². The molecule has 0 spiro atoms. The first-order valence-electron chi connectivity index (χ1n) is 4.29. The van der Waals surface area contributed by atoms with Gasteiger partial charge in [0.05, 0.1) is 17.6 Å². The van der Waals surface area contributed by atoms with E-state index in [1.54, 1.807) is 32.0 Å². The molecule has 72 valence electrons. The molecule has 0 radical (unpaired) electrons. The predicted octanol–water partition coefficient (Wildman–Crippen LogP) is 2.05. The number of carboxylic acid groups (broad SMARTS) is 1. The zero-order valence-electron chi connectivity index (χ0n) is 8.11. The number of aryl methyl sites for hydroxylation is 1. The molecule has 3 heteroatoms. The summed E-state index contributed by atoms with van der Waals surface area (Å²) in [7, 11) is 0. The maximum Gasteiger partial charge on any atom is 0.310 e. The van der Waals surface area contributed by atoms with Crippen LogP contribution in [0.1, 0.15) is 29.5 Å². The van der Waals surface area contributed by atoms with Crippen LogP contribution in [-0.4, -0.2) is 11.1 Å². The summed E-state index contributed by atoms with van der Waals surface area (Å²) >= 11 is 0. The first kappa shape index (κ1) is 10.3. The molecular formula is C11H11NO2. The van der Waals surface area contributed by atoms with Crippen molar-refractivity contribution in [2.45, 2.75) is 19.8 Å². The predicted molar refractivity (Wildman–Crippen MR) is 51.9 cm³/mol. The first-order valence-corrected chi connectivity index (χ1v) is 4.29. The van der Waals surface area contributed by atoms with Crippen molar-refractivity contribution in [1.82, 2.24) is 0 Å². The highest BCUT2D eigenvalue weighted by Gasteiger charge is 2.13. The molecule has 0 amide bonds. The quantitative estimate of drug-likeness (QED) is 0.774. The van der Waals surface area contributed by atoms with Gasteiger partial charge in [0.25, 0.3) is 0 Å². The third-order valence-corrected chi connectivity index (χ3v) is 2.24. The van der Waals surface area contributed by atoms with E-state index in [2.05, 4.69) is 0 Å². The summed E-state index contributed by atoms with van der Waals surface area (Å²) in [6.07, 6.45) is 0. The molecule has 0 aromatic heterocycles. The number of carboxylic acids is 1. The van der Waals surface area contributed by atoms with Crippen molar-refractivity contribution in [3.8, 4) is 6.07 Å². The van der Waals surface area contributed by atoms with E-state index in [-0.39, 0.29) is 0 Å². The van der Waals surface area contributed by atoms with Crippen molar-refractivity contribution in [2.75, 3.05) is 0 Å². The van der Waals surface area contributed by atoms with E-state index in [1.807, 2.05) is 6.07 Å². The lowest BCUT2D eigenvalue weighted by Crippen LogP contribution is -2.07. The Balaban J connectivity index is 3.10. The molecule has 0 saturated carbocycles.